The molecule has 25 heavy (non-hydrogen) atoms. The van der Waals surface area contributed by atoms with Crippen molar-refractivity contribution in [3.8, 4) is 5.75 Å². The average molecular weight is 338 g/mol. The highest BCUT2D eigenvalue weighted by atomic mass is 16.5. The third-order valence-electron chi connectivity index (χ3n) is 5.07. The van der Waals surface area contributed by atoms with Gasteiger partial charge < -0.3 is 4.74 Å². The molecule has 134 valence electrons. The van der Waals surface area contributed by atoms with Gasteiger partial charge in [0.1, 0.15) is 12.4 Å². The van der Waals surface area contributed by atoms with Crippen molar-refractivity contribution >= 4 is 0 Å². The van der Waals surface area contributed by atoms with E-state index in [1.807, 2.05) is 18.5 Å². The molecule has 0 aliphatic carbocycles. The van der Waals surface area contributed by atoms with Crippen molar-refractivity contribution in [3.05, 3.63) is 59.4 Å². The molecule has 2 aromatic rings. The molecule has 1 aliphatic heterocycles. The van der Waals surface area contributed by atoms with E-state index in [0.717, 1.165) is 25.4 Å². The van der Waals surface area contributed by atoms with Crippen LogP contribution in [0.4, 0.5) is 0 Å². The molecular formula is C22H30N2O. The predicted molar refractivity (Wildman–Crippen MR) is 103 cm³/mol. The number of aromatic nitrogens is 1. The van der Waals surface area contributed by atoms with Crippen molar-refractivity contribution < 1.29 is 4.74 Å². The Bertz CT molecular complexity index is 669. The monoisotopic (exact) mass is 338 g/mol. The van der Waals surface area contributed by atoms with Crippen LogP contribution in [-0.2, 0) is 0 Å². The number of aryl methyl sites for hydroxylation is 1. The van der Waals surface area contributed by atoms with Gasteiger partial charge in [0.05, 0.1) is 0 Å². The van der Waals surface area contributed by atoms with Gasteiger partial charge in [-0.05, 0) is 67.1 Å². The van der Waals surface area contributed by atoms with Crippen LogP contribution in [0.2, 0.25) is 0 Å². The van der Waals surface area contributed by atoms with E-state index in [1.54, 1.807) is 0 Å². The highest BCUT2D eigenvalue weighted by Gasteiger charge is 2.23. The maximum atomic E-state index is 6.11. The van der Waals surface area contributed by atoms with Crippen molar-refractivity contribution in [1.82, 2.24) is 9.88 Å². The first-order valence-corrected chi connectivity index (χ1v) is 9.52. The van der Waals surface area contributed by atoms with Gasteiger partial charge in [0.25, 0.3) is 0 Å². The van der Waals surface area contributed by atoms with E-state index >= 15 is 0 Å². The highest BCUT2D eigenvalue weighted by Crippen LogP contribution is 2.30. The number of ether oxygens (including phenoxy) is 1. The third kappa shape index (κ3) is 4.82. The quantitative estimate of drug-likeness (QED) is 0.731. The Labute approximate surface area is 152 Å². The number of piperidine rings is 1. The first-order chi connectivity index (χ1) is 12.1. The average Bonchev–Trinajstić information content (AvgIpc) is 2.62. The lowest BCUT2D eigenvalue weighted by Gasteiger charge is -2.35. The van der Waals surface area contributed by atoms with E-state index in [0.29, 0.717) is 12.0 Å². The zero-order valence-corrected chi connectivity index (χ0v) is 15.7. The van der Waals surface area contributed by atoms with Gasteiger partial charge in [0.15, 0.2) is 0 Å². The lowest BCUT2D eigenvalue weighted by atomic mass is 9.96. The summed E-state index contributed by atoms with van der Waals surface area (Å²) in [7, 11) is 0. The van der Waals surface area contributed by atoms with Crippen molar-refractivity contribution in [2.75, 3.05) is 19.7 Å². The van der Waals surface area contributed by atoms with Gasteiger partial charge in [-0.15, -0.1) is 0 Å². The minimum atomic E-state index is 0.481. The van der Waals surface area contributed by atoms with E-state index in [-0.39, 0.29) is 0 Å². The van der Waals surface area contributed by atoms with E-state index in [1.165, 1.54) is 36.0 Å². The summed E-state index contributed by atoms with van der Waals surface area (Å²) in [6, 6.07) is 11.3. The minimum absolute atomic E-state index is 0.481. The van der Waals surface area contributed by atoms with Crippen molar-refractivity contribution in [2.24, 2.45) is 0 Å². The normalized spacial score (nSPS) is 18.5. The fourth-order valence-electron chi connectivity index (χ4n) is 3.68. The molecule has 3 nitrogen and oxygen atoms in total. The molecule has 1 saturated heterocycles. The lowest BCUT2D eigenvalue weighted by Crippen LogP contribution is -2.36. The molecule has 1 aromatic heterocycles. The molecule has 0 spiro atoms. The van der Waals surface area contributed by atoms with Crippen molar-refractivity contribution in [1.29, 1.82) is 0 Å². The lowest BCUT2D eigenvalue weighted by molar-refractivity contribution is 0.123. The Hall–Kier alpha value is -1.87. The Morgan fingerprint density at radius 2 is 2.12 bits per heavy atom. The summed E-state index contributed by atoms with van der Waals surface area (Å²) >= 11 is 0. The van der Waals surface area contributed by atoms with Gasteiger partial charge in [0, 0.05) is 25.0 Å². The standard InChI is InChI=1S/C22H30N2O/c1-17(2)20-13-18(3)14-21(15-20)25-12-11-24-10-5-4-8-22(24)19-7-6-9-23-16-19/h6-7,9,13-17,22H,4-5,8,10-12H2,1-3H3. The van der Waals surface area contributed by atoms with Crippen LogP contribution in [0.1, 0.15) is 61.8 Å². The Morgan fingerprint density at radius 1 is 1.24 bits per heavy atom. The molecule has 1 fully saturated rings. The summed E-state index contributed by atoms with van der Waals surface area (Å²) in [6.07, 6.45) is 7.65. The summed E-state index contributed by atoms with van der Waals surface area (Å²) in [6.45, 7) is 9.44. The Morgan fingerprint density at radius 3 is 2.88 bits per heavy atom. The molecule has 0 radical (unpaired) electrons. The zero-order valence-electron chi connectivity index (χ0n) is 15.7. The Kier molecular flexibility index (Phi) is 6.09. The van der Waals surface area contributed by atoms with Gasteiger partial charge >= 0.3 is 0 Å². The van der Waals surface area contributed by atoms with Gasteiger partial charge in [-0.25, -0.2) is 0 Å². The maximum absolute atomic E-state index is 6.11. The van der Waals surface area contributed by atoms with Gasteiger partial charge in [-0.3, -0.25) is 9.88 Å². The first-order valence-electron chi connectivity index (χ1n) is 9.52. The van der Waals surface area contributed by atoms with Crippen LogP contribution in [0.3, 0.4) is 0 Å². The molecule has 0 saturated carbocycles. The number of likely N-dealkylation sites (tertiary alicyclic amines) is 1. The summed E-state index contributed by atoms with van der Waals surface area (Å²) < 4.78 is 6.11. The zero-order chi connectivity index (χ0) is 17.6. The molecular weight excluding hydrogens is 308 g/mol. The second-order valence-electron chi connectivity index (χ2n) is 7.42. The highest BCUT2D eigenvalue weighted by molar-refractivity contribution is 5.35. The van der Waals surface area contributed by atoms with E-state index < -0.39 is 0 Å². The van der Waals surface area contributed by atoms with Crippen molar-refractivity contribution in [3.63, 3.8) is 0 Å². The number of rotatable bonds is 6. The molecule has 1 unspecified atom stereocenters. The predicted octanol–water partition coefficient (Wildman–Crippen LogP) is 5.12. The van der Waals surface area contributed by atoms with Crippen LogP contribution in [-0.4, -0.2) is 29.6 Å². The largest absolute Gasteiger partial charge is 0.492 e. The van der Waals surface area contributed by atoms with Crippen LogP contribution in [0.15, 0.2) is 42.7 Å². The second-order valence-corrected chi connectivity index (χ2v) is 7.42. The Balaban J connectivity index is 1.60. The molecule has 3 rings (SSSR count). The summed E-state index contributed by atoms with van der Waals surface area (Å²) in [4.78, 5) is 6.86. The summed E-state index contributed by atoms with van der Waals surface area (Å²) in [5, 5.41) is 0. The van der Waals surface area contributed by atoms with E-state index in [4.69, 9.17) is 4.74 Å². The molecule has 1 aliphatic rings. The number of benzene rings is 1. The summed E-state index contributed by atoms with van der Waals surface area (Å²) in [5.74, 6) is 1.53. The van der Waals surface area contributed by atoms with Crippen molar-refractivity contribution in [2.45, 2.75) is 52.0 Å². The molecule has 1 atom stereocenters. The van der Waals surface area contributed by atoms with Crippen LogP contribution in [0.5, 0.6) is 5.75 Å². The van der Waals surface area contributed by atoms with Gasteiger partial charge in [-0.1, -0.05) is 32.4 Å². The topological polar surface area (TPSA) is 25.4 Å². The van der Waals surface area contributed by atoms with E-state index in [2.05, 4.69) is 54.9 Å². The smallest absolute Gasteiger partial charge is 0.119 e. The second kappa shape index (κ2) is 8.48. The first kappa shape index (κ1) is 17.9. The fraction of sp³-hybridized carbons (Fsp3) is 0.500. The maximum Gasteiger partial charge on any atom is 0.119 e. The van der Waals surface area contributed by atoms with Crippen LogP contribution in [0.25, 0.3) is 0 Å². The molecule has 0 amide bonds. The third-order valence-corrected chi connectivity index (χ3v) is 5.07. The number of hydrogen-bond donors (Lipinski definition) is 0. The SMILES string of the molecule is Cc1cc(OCCN2CCCCC2c2cccnc2)cc(C(C)C)c1. The van der Waals surface area contributed by atoms with E-state index in [9.17, 15) is 0 Å². The van der Waals surface area contributed by atoms with Crippen LogP contribution < -0.4 is 4.74 Å². The molecule has 0 N–H and O–H groups in total. The molecule has 1 aromatic carbocycles. The summed E-state index contributed by atoms with van der Waals surface area (Å²) in [5.41, 5.74) is 3.95. The van der Waals surface area contributed by atoms with Crippen LogP contribution >= 0.6 is 0 Å². The van der Waals surface area contributed by atoms with Gasteiger partial charge in [0.2, 0.25) is 0 Å². The number of nitrogens with zero attached hydrogens (tertiary/aromatic N) is 2. The molecule has 0 bridgehead atoms. The fourth-order valence-corrected chi connectivity index (χ4v) is 3.68. The number of hydrogen-bond acceptors (Lipinski definition) is 3. The van der Waals surface area contributed by atoms with Crippen LogP contribution in [0, 0.1) is 6.92 Å². The molecule has 3 heteroatoms. The number of pyridine rings is 1. The minimum Gasteiger partial charge on any atom is -0.492 e. The van der Waals surface area contributed by atoms with Gasteiger partial charge in [-0.2, -0.15) is 0 Å². The molecule has 2 heterocycles.